The predicted molar refractivity (Wildman–Crippen MR) is 104 cm³/mol. The fraction of sp³-hybridized carbons (Fsp3) is 1.00. The van der Waals surface area contributed by atoms with Crippen molar-refractivity contribution >= 4 is 0 Å². The first-order chi connectivity index (χ1) is 11.8. The van der Waals surface area contributed by atoms with Gasteiger partial charge in [0.2, 0.25) is 0 Å². The van der Waals surface area contributed by atoms with Gasteiger partial charge in [-0.1, -0.05) is 41.5 Å². The summed E-state index contributed by atoms with van der Waals surface area (Å²) < 4.78 is 15.5. The summed E-state index contributed by atoms with van der Waals surface area (Å²) in [7, 11) is 0. The average Bonchev–Trinajstić information content (AvgIpc) is 3.30. The lowest BCUT2D eigenvalue weighted by molar-refractivity contribution is 0.201. The standard InChI is InChI=1S/C10H19NO2.C6H12O.C4H11N/c1-8(2)3-11(4-9-6-12-9)5-10-7-13-10;1-5(2)3-6-4-7-6;1-4(2)3-5/h8-10H,3-7H2,1-2H3;5-6H,3-4H2,1-2H3;4H,3,5H2,1-2H3. The van der Waals surface area contributed by atoms with Gasteiger partial charge in [-0.05, 0) is 30.7 Å². The van der Waals surface area contributed by atoms with Gasteiger partial charge in [-0.3, -0.25) is 4.90 Å². The molecule has 0 saturated carbocycles. The lowest BCUT2D eigenvalue weighted by Crippen LogP contribution is -2.34. The lowest BCUT2D eigenvalue weighted by Gasteiger charge is -2.22. The van der Waals surface area contributed by atoms with E-state index in [0.29, 0.717) is 24.2 Å². The maximum atomic E-state index is 5.24. The lowest BCUT2D eigenvalue weighted by atomic mass is 10.1. The Bertz CT molecular complexity index is 305. The van der Waals surface area contributed by atoms with Crippen LogP contribution in [0.5, 0.6) is 0 Å². The largest absolute Gasteiger partial charge is 0.373 e. The molecule has 5 nitrogen and oxygen atoms in total. The van der Waals surface area contributed by atoms with E-state index >= 15 is 0 Å². The molecule has 3 unspecified atom stereocenters. The fourth-order valence-corrected chi connectivity index (χ4v) is 2.39. The molecule has 3 heterocycles. The van der Waals surface area contributed by atoms with Gasteiger partial charge >= 0.3 is 0 Å². The van der Waals surface area contributed by atoms with Crippen molar-refractivity contribution in [2.75, 3.05) is 46.0 Å². The summed E-state index contributed by atoms with van der Waals surface area (Å²) >= 11 is 0. The van der Waals surface area contributed by atoms with Gasteiger partial charge in [0.1, 0.15) is 0 Å². The van der Waals surface area contributed by atoms with Crippen molar-refractivity contribution in [3.8, 4) is 0 Å². The zero-order valence-electron chi connectivity index (χ0n) is 17.4. The Morgan fingerprint density at radius 1 is 0.760 bits per heavy atom. The van der Waals surface area contributed by atoms with Crippen molar-refractivity contribution in [3.63, 3.8) is 0 Å². The SMILES string of the molecule is CC(C)CC1CO1.CC(C)CN.CC(C)CN(CC1CO1)CC1CO1. The minimum atomic E-state index is 0.512. The van der Waals surface area contributed by atoms with E-state index in [1.807, 2.05) is 0 Å². The first-order valence-electron chi connectivity index (χ1n) is 10.1. The van der Waals surface area contributed by atoms with Gasteiger partial charge < -0.3 is 19.9 Å². The van der Waals surface area contributed by atoms with Gasteiger partial charge in [0.05, 0.1) is 38.1 Å². The molecule has 0 spiro atoms. The molecule has 0 radical (unpaired) electrons. The van der Waals surface area contributed by atoms with Crippen molar-refractivity contribution < 1.29 is 14.2 Å². The molecule has 0 aliphatic carbocycles. The van der Waals surface area contributed by atoms with E-state index < -0.39 is 0 Å². The van der Waals surface area contributed by atoms with Crippen molar-refractivity contribution in [1.82, 2.24) is 4.90 Å². The van der Waals surface area contributed by atoms with Gasteiger partial charge in [-0.15, -0.1) is 0 Å². The van der Waals surface area contributed by atoms with Crippen molar-refractivity contribution in [1.29, 1.82) is 0 Å². The van der Waals surface area contributed by atoms with E-state index in [1.54, 1.807) is 0 Å². The third-order valence-corrected chi connectivity index (χ3v) is 3.96. The predicted octanol–water partition coefficient (Wildman–Crippen LogP) is 2.77. The summed E-state index contributed by atoms with van der Waals surface area (Å²) in [6, 6.07) is 0. The molecule has 3 atom stereocenters. The van der Waals surface area contributed by atoms with Gasteiger partial charge in [-0.25, -0.2) is 0 Å². The summed E-state index contributed by atoms with van der Waals surface area (Å²) in [5, 5.41) is 0. The van der Waals surface area contributed by atoms with Crippen LogP contribution in [-0.2, 0) is 14.2 Å². The number of hydrogen-bond acceptors (Lipinski definition) is 5. The Balaban J connectivity index is 0.000000219. The monoisotopic (exact) mass is 358 g/mol. The second kappa shape index (κ2) is 12.2. The van der Waals surface area contributed by atoms with E-state index in [2.05, 4.69) is 46.4 Å². The Kier molecular flexibility index (Phi) is 11.2. The molecule has 0 aromatic heterocycles. The highest BCUT2D eigenvalue weighted by Gasteiger charge is 2.30. The number of nitrogens with zero attached hydrogens (tertiary/aromatic N) is 1. The van der Waals surface area contributed by atoms with E-state index in [-0.39, 0.29) is 0 Å². The normalized spacial score (nSPS) is 26.3. The summed E-state index contributed by atoms with van der Waals surface area (Å²) in [6.45, 7) is 20.3. The Labute approximate surface area is 155 Å². The van der Waals surface area contributed by atoms with Crippen LogP contribution in [0.15, 0.2) is 0 Å². The fourth-order valence-electron chi connectivity index (χ4n) is 2.39. The molecule has 3 aliphatic heterocycles. The molecular formula is C20H42N2O3. The molecule has 3 fully saturated rings. The zero-order valence-corrected chi connectivity index (χ0v) is 17.4. The zero-order chi connectivity index (χ0) is 18.8. The molecule has 3 aliphatic rings. The quantitative estimate of drug-likeness (QED) is 0.642. The molecule has 2 N–H and O–H groups in total. The Hall–Kier alpha value is -0.200. The molecule has 0 aromatic rings. The van der Waals surface area contributed by atoms with Crippen LogP contribution in [0.1, 0.15) is 48.0 Å². The molecule has 3 rings (SSSR count). The van der Waals surface area contributed by atoms with Crippen LogP contribution in [0.3, 0.4) is 0 Å². The molecule has 0 aromatic carbocycles. The van der Waals surface area contributed by atoms with E-state index in [0.717, 1.165) is 51.3 Å². The summed E-state index contributed by atoms with van der Waals surface area (Å²) in [6.07, 6.45) is 2.90. The van der Waals surface area contributed by atoms with Crippen LogP contribution >= 0.6 is 0 Å². The first-order valence-corrected chi connectivity index (χ1v) is 10.1. The number of nitrogens with two attached hydrogens (primary N) is 1. The topological polar surface area (TPSA) is 66.8 Å². The van der Waals surface area contributed by atoms with Gasteiger partial charge in [0, 0.05) is 19.6 Å². The molecule has 5 heteroatoms. The molecular weight excluding hydrogens is 316 g/mol. The van der Waals surface area contributed by atoms with Crippen LogP contribution in [0.2, 0.25) is 0 Å². The number of ether oxygens (including phenoxy) is 3. The van der Waals surface area contributed by atoms with Gasteiger partial charge in [-0.2, -0.15) is 0 Å². The summed E-state index contributed by atoms with van der Waals surface area (Å²) in [5.41, 5.74) is 5.17. The van der Waals surface area contributed by atoms with Crippen LogP contribution in [-0.4, -0.2) is 69.2 Å². The molecule has 25 heavy (non-hydrogen) atoms. The van der Waals surface area contributed by atoms with Crippen molar-refractivity contribution in [2.45, 2.75) is 66.3 Å². The third-order valence-electron chi connectivity index (χ3n) is 3.96. The number of hydrogen-bond donors (Lipinski definition) is 1. The maximum absolute atomic E-state index is 5.24. The van der Waals surface area contributed by atoms with Gasteiger partial charge in [0.15, 0.2) is 0 Å². The van der Waals surface area contributed by atoms with Crippen molar-refractivity contribution in [3.05, 3.63) is 0 Å². The summed E-state index contributed by atoms with van der Waals surface area (Å²) in [4.78, 5) is 2.47. The summed E-state index contributed by atoms with van der Waals surface area (Å²) in [5.74, 6) is 2.21. The van der Waals surface area contributed by atoms with E-state index in [1.165, 1.54) is 13.0 Å². The number of rotatable bonds is 9. The highest BCUT2D eigenvalue weighted by Crippen LogP contribution is 2.18. The van der Waals surface area contributed by atoms with Crippen LogP contribution in [0, 0.1) is 17.8 Å². The minimum Gasteiger partial charge on any atom is -0.373 e. The minimum absolute atomic E-state index is 0.512. The molecule has 150 valence electrons. The highest BCUT2D eigenvalue weighted by molar-refractivity contribution is 4.80. The molecule has 3 saturated heterocycles. The average molecular weight is 359 g/mol. The van der Waals surface area contributed by atoms with E-state index in [9.17, 15) is 0 Å². The van der Waals surface area contributed by atoms with Crippen LogP contribution < -0.4 is 5.73 Å². The van der Waals surface area contributed by atoms with Gasteiger partial charge in [0.25, 0.3) is 0 Å². The molecule has 0 bridgehead atoms. The Morgan fingerprint density at radius 2 is 1.16 bits per heavy atom. The second-order valence-corrected chi connectivity index (χ2v) is 8.74. The first kappa shape index (κ1) is 22.8. The smallest absolute Gasteiger partial charge is 0.0936 e. The van der Waals surface area contributed by atoms with Crippen LogP contribution in [0.25, 0.3) is 0 Å². The Morgan fingerprint density at radius 3 is 1.36 bits per heavy atom. The highest BCUT2D eigenvalue weighted by atomic mass is 16.6. The maximum Gasteiger partial charge on any atom is 0.0936 e. The third kappa shape index (κ3) is 15.7. The van der Waals surface area contributed by atoms with Crippen molar-refractivity contribution in [2.24, 2.45) is 23.5 Å². The molecule has 0 amide bonds. The van der Waals surface area contributed by atoms with Crippen LogP contribution in [0.4, 0.5) is 0 Å². The number of epoxide rings is 3. The van der Waals surface area contributed by atoms with E-state index in [4.69, 9.17) is 19.9 Å². The second-order valence-electron chi connectivity index (χ2n) is 8.74.